The van der Waals surface area contributed by atoms with Crippen molar-refractivity contribution in [1.29, 1.82) is 0 Å². The van der Waals surface area contributed by atoms with Crippen molar-refractivity contribution in [1.82, 2.24) is 4.98 Å². The smallest absolute Gasteiger partial charge is 0.300 e. The van der Waals surface area contributed by atoms with E-state index >= 15 is 0 Å². The number of nitrogens with one attached hydrogen (secondary N) is 1. The molecule has 2 aromatic carbocycles. The minimum atomic E-state index is -0.921. The van der Waals surface area contributed by atoms with Gasteiger partial charge in [0.2, 0.25) is 5.91 Å². The van der Waals surface area contributed by atoms with Crippen LogP contribution in [0.2, 0.25) is 0 Å². The second-order valence-corrected chi connectivity index (χ2v) is 9.93. The van der Waals surface area contributed by atoms with Gasteiger partial charge in [0.05, 0.1) is 11.3 Å². The van der Waals surface area contributed by atoms with Crippen LogP contribution in [0.5, 0.6) is 0 Å². The molecular weight excluding hydrogens is 454 g/mol. The number of aliphatic hydroxyl groups is 1. The Bertz CT molecular complexity index is 1370. The zero-order valence-corrected chi connectivity index (χ0v) is 21.0. The number of ketones is 1. The number of benzene rings is 2. The van der Waals surface area contributed by atoms with Crippen LogP contribution in [0.1, 0.15) is 56.1 Å². The summed E-state index contributed by atoms with van der Waals surface area (Å²) in [6.07, 6.45) is 1.58. The lowest BCUT2D eigenvalue weighted by molar-refractivity contribution is -0.132. The molecule has 1 fully saturated rings. The van der Waals surface area contributed by atoms with Gasteiger partial charge in [-0.05, 0) is 65.9 Å². The van der Waals surface area contributed by atoms with Crippen LogP contribution < -0.4 is 10.2 Å². The van der Waals surface area contributed by atoms with E-state index in [1.54, 1.807) is 48.7 Å². The highest BCUT2D eigenvalue weighted by Gasteiger charge is 2.47. The third-order valence-electron chi connectivity index (χ3n) is 6.24. The molecule has 4 rings (SSSR count). The van der Waals surface area contributed by atoms with Crippen molar-refractivity contribution >= 4 is 34.7 Å². The van der Waals surface area contributed by atoms with E-state index in [-0.39, 0.29) is 22.7 Å². The number of aliphatic hydroxyl groups excluding tert-OH is 1. The van der Waals surface area contributed by atoms with Gasteiger partial charge < -0.3 is 10.4 Å². The molecule has 7 nitrogen and oxygen atoms in total. The number of amides is 2. The predicted molar refractivity (Wildman–Crippen MR) is 140 cm³/mol. The van der Waals surface area contributed by atoms with Gasteiger partial charge in [-0.25, -0.2) is 0 Å². The Kier molecular flexibility index (Phi) is 6.50. The molecule has 0 aliphatic carbocycles. The summed E-state index contributed by atoms with van der Waals surface area (Å²) in [5, 5.41) is 14.2. The van der Waals surface area contributed by atoms with E-state index in [0.717, 1.165) is 11.1 Å². The minimum absolute atomic E-state index is 0.0150. The van der Waals surface area contributed by atoms with Crippen LogP contribution >= 0.6 is 0 Å². The summed E-state index contributed by atoms with van der Waals surface area (Å²) >= 11 is 0. The molecule has 0 radical (unpaired) electrons. The summed E-state index contributed by atoms with van der Waals surface area (Å²) in [4.78, 5) is 43.9. The van der Waals surface area contributed by atoms with E-state index < -0.39 is 17.7 Å². The van der Waals surface area contributed by atoms with E-state index in [0.29, 0.717) is 22.6 Å². The topological polar surface area (TPSA) is 99.6 Å². The van der Waals surface area contributed by atoms with E-state index in [4.69, 9.17) is 0 Å². The predicted octanol–water partition coefficient (Wildman–Crippen LogP) is 5.27. The number of hydrogen-bond donors (Lipinski definition) is 2. The lowest BCUT2D eigenvalue weighted by Crippen LogP contribution is -2.29. The van der Waals surface area contributed by atoms with Crippen LogP contribution in [-0.2, 0) is 19.8 Å². The molecule has 1 aromatic heterocycles. The number of anilines is 2. The molecule has 0 saturated carbocycles. The molecule has 2 N–H and O–H groups in total. The molecule has 2 heterocycles. The molecule has 1 unspecified atom stereocenters. The first kappa shape index (κ1) is 24.9. The molecule has 36 heavy (non-hydrogen) atoms. The van der Waals surface area contributed by atoms with Crippen LogP contribution in [0.4, 0.5) is 11.4 Å². The van der Waals surface area contributed by atoms with Gasteiger partial charge in [-0.2, -0.15) is 0 Å². The molecular formula is C29H29N3O4. The Hall–Kier alpha value is -4.26. The first-order valence-electron chi connectivity index (χ1n) is 11.7. The van der Waals surface area contributed by atoms with E-state index in [2.05, 4.69) is 31.1 Å². The molecule has 0 spiro atoms. The highest BCUT2D eigenvalue weighted by Crippen LogP contribution is 2.42. The number of hydrogen-bond acceptors (Lipinski definition) is 5. The number of carbonyl (C=O) groups excluding carboxylic acids is 3. The molecule has 7 heteroatoms. The molecule has 1 aliphatic heterocycles. The van der Waals surface area contributed by atoms with Crippen LogP contribution in [0.3, 0.4) is 0 Å². The summed E-state index contributed by atoms with van der Waals surface area (Å²) in [7, 11) is 0. The summed E-state index contributed by atoms with van der Waals surface area (Å²) in [5.41, 5.74) is 3.55. The zero-order chi connectivity index (χ0) is 26.2. The number of aromatic nitrogens is 1. The maximum absolute atomic E-state index is 13.4. The first-order chi connectivity index (χ1) is 17.0. The van der Waals surface area contributed by atoms with Gasteiger partial charge in [-0.3, -0.25) is 24.3 Å². The maximum Gasteiger partial charge on any atom is 0.300 e. The number of pyridine rings is 1. The second kappa shape index (κ2) is 9.41. The lowest BCUT2D eigenvalue weighted by Gasteiger charge is -2.25. The summed E-state index contributed by atoms with van der Waals surface area (Å²) in [6, 6.07) is 16.7. The first-order valence-corrected chi connectivity index (χ1v) is 11.7. The molecule has 1 aliphatic rings. The van der Waals surface area contributed by atoms with Crippen molar-refractivity contribution in [3.05, 3.63) is 94.8 Å². The Morgan fingerprint density at radius 1 is 1.03 bits per heavy atom. The third-order valence-corrected chi connectivity index (χ3v) is 6.24. The van der Waals surface area contributed by atoms with Crippen LogP contribution in [0, 0.1) is 6.92 Å². The second-order valence-electron chi connectivity index (χ2n) is 9.93. The summed E-state index contributed by atoms with van der Waals surface area (Å²) in [6.45, 7) is 9.47. The third kappa shape index (κ3) is 4.64. The molecule has 3 aromatic rings. The van der Waals surface area contributed by atoms with Crippen molar-refractivity contribution in [2.24, 2.45) is 0 Å². The monoisotopic (exact) mass is 483 g/mol. The average Bonchev–Trinajstić information content (AvgIpc) is 3.09. The maximum atomic E-state index is 13.4. The molecule has 0 bridgehead atoms. The van der Waals surface area contributed by atoms with Gasteiger partial charge in [0, 0.05) is 30.1 Å². The van der Waals surface area contributed by atoms with Gasteiger partial charge in [0.1, 0.15) is 11.8 Å². The van der Waals surface area contributed by atoms with Gasteiger partial charge in [0.15, 0.2) is 0 Å². The van der Waals surface area contributed by atoms with E-state index in [1.165, 1.54) is 11.8 Å². The Balaban J connectivity index is 1.90. The quantitative estimate of drug-likeness (QED) is 0.299. The molecule has 184 valence electrons. The van der Waals surface area contributed by atoms with Crippen LogP contribution in [0.25, 0.3) is 5.76 Å². The van der Waals surface area contributed by atoms with Crippen LogP contribution in [-0.4, -0.2) is 27.7 Å². The van der Waals surface area contributed by atoms with Crippen LogP contribution in [0.15, 0.2) is 72.4 Å². The molecule has 2 amide bonds. The van der Waals surface area contributed by atoms with Crippen molar-refractivity contribution in [2.75, 3.05) is 10.2 Å². The van der Waals surface area contributed by atoms with E-state index in [1.807, 2.05) is 25.1 Å². The SMILES string of the molecule is CC(=O)Nc1ccc(N2C(=O)C(=O)/C(=C(/O)c3cc(C(C)(C)C)ccc3C)C2c2ccccn2)cc1. The molecule has 1 atom stereocenters. The number of Topliss-reactive ketones (excluding diaryl/α,β-unsaturated/α-hetero) is 1. The van der Waals surface area contributed by atoms with Crippen molar-refractivity contribution in [3.63, 3.8) is 0 Å². The van der Waals surface area contributed by atoms with Gasteiger partial charge in [-0.1, -0.05) is 39.0 Å². The van der Waals surface area contributed by atoms with Crippen molar-refractivity contribution < 1.29 is 19.5 Å². The lowest BCUT2D eigenvalue weighted by atomic mass is 9.84. The average molecular weight is 484 g/mol. The number of rotatable bonds is 4. The standard InChI is InChI=1S/C29H29N3O4/c1-17-9-10-19(29(3,4)5)16-22(17)26(34)24-25(23-8-6-7-15-30-23)32(28(36)27(24)35)21-13-11-20(12-14-21)31-18(2)33/h6-16,25,34H,1-5H3,(H,31,33)/b26-24+. The molecule has 1 saturated heterocycles. The fraction of sp³-hybridized carbons (Fsp3) is 0.241. The van der Waals surface area contributed by atoms with Crippen molar-refractivity contribution in [3.8, 4) is 0 Å². The fourth-order valence-corrected chi connectivity index (χ4v) is 4.31. The van der Waals surface area contributed by atoms with Gasteiger partial charge in [-0.15, -0.1) is 0 Å². The van der Waals surface area contributed by atoms with Crippen molar-refractivity contribution in [2.45, 2.75) is 46.1 Å². The highest BCUT2D eigenvalue weighted by atomic mass is 16.3. The summed E-state index contributed by atoms with van der Waals surface area (Å²) < 4.78 is 0. The minimum Gasteiger partial charge on any atom is -0.507 e. The highest BCUT2D eigenvalue weighted by molar-refractivity contribution is 6.51. The number of nitrogens with zero attached hydrogens (tertiary/aromatic N) is 2. The largest absolute Gasteiger partial charge is 0.507 e. The van der Waals surface area contributed by atoms with Gasteiger partial charge >= 0.3 is 0 Å². The zero-order valence-electron chi connectivity index (χ0n) is 21.0. The fourth-order valence-electron chi connectivity index (χ4n) is 4.31. The number of carbonyl (C=O) groups is 3. The normalized spacial score (nSPS) is 17.4. The number of aryl methyl sites for hydroxylation is 1. The summed E-state index contributed by atoms with van der Waals surface area (Å²) in [5.74, 6) is -1.99. The Labute approximate surface area is 210 Å². The Morgan fingerprint density at radius 3 is 2.31 bits per heavy atom. The van der Waals surface area contributed by atoms with E-state index in [9.17, 15) is 19.5 Å². The Morgan fingerprint density at radius 2 is 1.72 bits per heavy atom. The van der Waals surface area contributed by atoms with Gasteiger partial charge in [0.25, 0.3) is 11.7 Å².